The van der Waals surface area contributed by atoms with E-state index in [1.54, 1.807) is 22.7 Å². The first-order chi connectivity index (χ1) is 15.6. The summed E-state index contributed by atoms with van der Waals surface area (Å²) in [5.74, 6) is -0.0398. The number of nitrogens with zero attached hydrogens (tertiary/aromatic N) is 1. The van der Waals surface area contributed by atoms with E-state index < -0.39 is 12.1 Å². The van der Waals surface area contributed by atoms with Crippen molar-refractivity contribution < 1.29 is 14.3 Å². The third-order valence-corrected chi connectivity index (χ3v) is 6.63. The van der Waals surface area contributed by atoms with Gasteiger partial charge < -0.3 is 20.7 Å². The van der Waals surface area contributed by atoms with Gasteiger partial charge in [0.25, 0.3) is 0 Å². The maximum atomic E-state index is 13.0. The number of nitrogens with two attached hydrogens (primary N) is 1. The van der Waals surface area contributed by atoms with Crippen molar-refractivity contribution in [1.82, 2.24) is 10.2 Å². The Morgan fingerprint density at radius 2 is 1.58 bits per heavy atom. The molecule has 0 bridgehead atoms. The predicted molar refractivity (Wildman–Crippen MR) is 137 cm³/mol. The van der Waals surface area contributed by atoms with Gasteiger partial charge in [0.05, 0.1) is 19.1 Å². The molecular weight excluding hydrogens is 478 g/mol. The number of nitrogens with one attached hydrogen (secondary N) is 1. The highest BCUT2D eigenvalue weighted by atomic mass is 35.5. The highest BCUT2D eigenvalue weighted by Crippen LogP contribution is 2.18. The van der Waals surface area contributed by atoms with Gasteiger partial charge in [0, 0.05) is 16.3 Å². The number of carbonyl (C=O) groups excluding carboxylic acids is 2. The zero-order valence-corrected chi connectivity index (χ0v) is 20.8. The van der Waals surface area contributed by atoms with Crippen molar-refractivity contribution in [3.8, 4) is 0 Å². The minimum absolute atomic E-state index is 0. The highest BCUT2D eigenvalue weighted by Gasteiger charge is 2.22. The zero-order valence-electron chi connectivity index (χ0n) is 18.4. The van der Waals surface area contributed by atoms with Gasteiger partial charge in [-0.25, -0.2) is 4.79 Å². The molecule has 6 nitrogen and oxygen atoms in total. The normalized spacial score (nSPS) is 11.3. The van der Waals surface area contributed by atoms with Crippen LogP contribution in [0, 0.1) is 0 Å². The first-order valence-corrected chi connectivity index (χ1v) is 12.4. The molecule has 0 fully saturated rings. The molecule has 0 saturated carbocycles. The molecule has 2 amide bonds. The van der Waals surface area contributed by atoms with Crippen LogP contribution in [0.3, 0.4) is 0 Å². The van der Waals surface area contributed by atoms with Crippen LogP contribution in [0.2, 0.25) is 0 Å². The molecule has 0 saturated heterocycles. The molecule has 0 radical (unpaired) electrons. The Labute approximate surface area is 209 Å². The number of alkyl carbamates (subject to hydrolysis) is 1. The molecular formula is C24H30ClN3O3S2. The second kappa shape index (κ2) is 14.7. The number of thiophene rings is 2. The number of unbranched alkanes of at least 4 members (excludes halogenated alkanes) is 1. The van der Waals surface area contributed by atoms with E-state index in [9.17, 15) is 9.59 Å². The molecule has 2 aromatic heterocycles. The van der Waals surface area contributed by atoms with Crippen LogP contribution in [-0.2, 0) is 29.2 Å². The number of hydrogen-bond donors (Lipinski definition) is 2. The quantitative estimate of drug-likeness (QED) is 0.330. The van der Waals surface area contributed by atoms with E-state index in [2.05, 4.69) is 5.32 Å². The fourth-order valence-corrected chi connectivity index (χ4v) is 4.64. The number of benzene rings is 1. The summed E-state index contributed by atoms with van der Waals surface area (Å²) < 4.78 is 5.19. The second-order valence-electron chi connectivity index (χ2n) is 7.44. The van der Waals surface area contributed by atoms with E-state index >= 15 is 0 Å². The molecule has 3 aromatic rings. The minimum Gasteiger partial charge on any atom is -0.445 e. The number of hydrogen-bond acceptors (Lipinski definition) is 6. The third-order valence-electron chi connectivity index (χ3n) is 4.91. The molecule has 0 aliphatic carbocycles. The van der Waals surface area contributed by atoms with Crippen LogP contribution in [0.15, 0.2) is 65.4 Å². The fraction of sp³-hybridized carbons (Fsp3) is 0.333. The fourth-order valence-electron chi connectivity index (χ4n) is 3.20. The van der Waals surface area contributed by atoms with Crippen LogP contribution in [0.1, 0.15) is 34.6 Å². The lowest BCUT2D eigenvalue weighted by Crippen LogP contribution is -2.42. The summed E-state index contributed by atoms with van der Waals surface area (Å²) >= 11 is 3.28. The molecule has 2 heterocycles. The lowest BCUT2D eigenvalue weighted by atomic mass is 10.1. The Balaban J connectivity index is 0.00000385. The van der Waals surface area contributed by atoms with Crippen LogP contribution in [0.4, 0.5) is 4.79 Å². The number of ether oxygens (including phenoxy) is 1. The lowest BCUT2D eigenvalue weighted by molar-refractivity contribution is -0.134. The Bertz CT molecular complexity index is 901. The zero-order chi connectivity index (χ0) is 22.6. The number of amides is 2. The first kappa shape index (κ1) is 26.9. The first-order valence-electron chi connectivity index (χ1n) is 10.7. The van der Waals surface area contributed by atoms with Crippen molar-refractivity contribution in [2.45, 2.75) is 45.0 Å². The molecule has 1 aromatic carbocycles. The van der Waals surface area contributed by atoms with Crippen molar-refractivity contribution in [3.63, 3.8) is 0 Å². The summed E-state index contributed by atoms with van der Waals surface area (Å²) in [5.41, 5.74) is 7.18. The molecule has 9 heteroatoms. The maximum absolute atomic E-state index is 13.0. The Morgan fingerprint density at radius 1 is 0.939 bits per heavy atom. The summed E-state index contributed by atoms with van der Waals surface area (Å²) in [6.45, 7) is 1.87. The SMILES string of the molecule is Cl.N[C@H](CCCCNC(=O)OCc1ccccc1)C(=O)N(Cc1cccs1)Cc1cccs1. The Kier molecular flexibility index (Phi) is 12.0. The number of halogens is 1. The Morgan fingerprint density at radius 3 is 2.15 bits per heavy atom. The van der Waals surface area contributed by atoms with Crippen LogP contribution in [-0.4, -0.2) is 29.5 Å². The topological polar surface area (TPSA) is 84.7 Å². The van der Waals surface area contributed by atoms with Crippen LogP contribution in [0.25, 0.3) is 0 Å². The van der Waals surface area contributed by atoms with Crippen LogP contribution < -0.4 is 11.1 Å². The van der Waals surface area contributed by atoms with Gasteiger partial charge in [-0.05, 0) is 47.7 Å². The van der Waals surface area contributed by atoms with Gasteiger partial charge in [0.2, 0.25) is 5.91 Å². The molecule has 33 heavy (non-hydrogen) atoms. The summed E-state index contributed by atoms with van der Waals surface area (Å²) in [5, 5.41) is 6.77. The van der Waals surface area contributed by atoms with E-state index in [1.165, 1.54) is 0 Å². The van der Waals surface area contributed by atoms with Crippen molar-refractivity contribution in [2.75, 3.05) is 6.54 Å². The van der Waals surface area contributed by atoms with Gasteiger partial charge in [-0.1, -0.05) is 42.5 Å². The van der Waals surface area contributed by atoms with Crippen LogP contribution in [0.5, 0.6) is 0 Å². The molecule has 1 atom stereocenters. The van der Waals surface area contributed by atoms with Gasteiger partial charge >= 0.3 is 6.09 Å². The summed E-state index contributed by atoms with van der Waals surface area (Å²) in [6.07, 6.45) is 1.62. The number of rotatable bonds is 12. The van der Waals surface area contributed by atoms with Crippen LogP contribution >= 0.6 is 35.1 Å². The largest absolute Gasteiger partial charge is 0.445 e. The van der Waals surface area contributed by atoms with Gasteiger partial charge in [-0.15, -0.1) is 35.1 Å². The van der Waals surface area contributed by atoms with Gasteiger partial charge in [0.15, 0.2) is 0 Å². The Hall–Kier alpha value is -2.39. The van der Waals surface area contributed by atoms with E-state index in [1.807, 2.05) is 70.3 Å². The van der Waals surface area contributed by atoms with Gasteiger partial charge in [-0.2, -0.15) is 0 Å². The third kappa shape index (κ3) is 9.55. The molecule has 3 N–H and O–H groups in total. The highest BCUT2D eigenvalue weighted by molar-refractivity contribution is 7.10. The van der Waals surface area contributed by atoms with E-state index in [-0.39, 0.29) is 24.9 Å². The molecule has 0 aliphatic heterocycles. The summed E-state index contributed by atoms with van der Waals surface area (Å²) in [4.78, 5) is 28.9. The van der Waals surface area contributed by atoms with Crippen molar-refractivity contribution in [2.24, 2.45) is 5.73 Å². The van der Waals surface area contributed by atoms with Crippen molar-refractivity contribution >= 4 is 47.1 Å². The molecule has 178 valence electrons. The van der Waals surface area contributed by atoms with Gasteiger partial charge in [0.1, 0.15) is 6.61 Å². The van der Waals surface area contributed by atoms with E-state index in [0.717, 1.165) is 28.2 Å². The van der Waals surface area contributed by atoms with Gasteiger partial charge in [-0.3, -0.25) is 4.79 Å². The van der Waals surface area contributed by atoms with E-state index in [4.69, 9.17) is 10.5 Å². The second-order valence-corrected chi connectivity index (χ2v) is 9.51. The monoisotopic (exact) mass is 507 g/mol. The van der Waals surface area contributed by atoms with E-state index in [0.29, 0.717) is 26.1 Å². The predicted octanol–water partition coefficient (Wildman–Crippen LogP) is 5.18. The van der Waals surface area contributed by atoms with Crippen molar-refractivity contribution in [1.29, 1.82) is 0 Å². The minimum atomic E-state index is -0.556. The molecule has 0 unspecified atom stereocenters. The molecule has 0 aliphatic rings. The number of carbonyl (C=O) groups is 2. The average Bonchev–Trinajstić information content (AvgIpc) is 3.51. The smallest absolute Gasteiger partial charge is 0.407 e. The molecule has 3 rings (SSSR count). The lowest BCUT2D eigenvalue weighted by Gasteiger charge is -2.25. The maximum Gasteiger partial charge on any atom is 0.407 e. The molecule has 0 spiro atoms. The summed E-state index contributed by atoms with van der Waals surface area (Å²) in [6, 6.07) is 17.0. The van der Waals surface area contributed by atoms with Crippen molar-refractivity contribution in [3.05, 3.63) is 80.7 Å². The standard InChI is InChI=1S/C24H29N3O3S2.ClH/c25-22(12-4-5-13-26-24(29)30-18-19-8-2-1-3-9-19)23(28)27(16-20-10-6-14-31-20)17-21-11-7-15-32-21;/h1-3,6-11,14-15,22H,4-5,12-13,16-18,25H2,(H,26,29);1H/t22-;/m1./s1. The summed E-state index contributed by atoms with van der Waals surface area (Å²) in [7, 11) is 0. The average molecular weight is 508 g/mol.